The number of aromatic nitrogens is 2. The van der Waals surface area contributed by atoms with Crippen molar-refractivity contribution in [3.05, 3.63) is 51.0 Å². The van der Waals surface area contributed by atoms with E-state index in [-0.39, 0.29) is 12.2 Å². The van der Waals surface area contributed by atoms with Gasteiger partial charge in [-0.15, -0.1) is 11.8 Å². The molecule has 0 radical (unpaired) electrons. The molecule has 0 atom stereocenters. The molecule has 7 heteroatoms. The van der Waals surface area contributed by atoms with E-state index >= 15 is 0 Å². The average molecular weight is 350 g/mol. The molecule has 0 bridgehead atoms. The van der Waals surface area contributed by atoms with Gasteiger partial charge in [0, 0.05) is 12.7 Å². The molecule has 0 aliphatic rings. The minimum atomic E-state index is -0.614. The number of carbonyl (C=O) groups is 1. The van der Waals surface area contributed by atoms with Crippen LogP contribution < -0.4 is 5.56 Å². The van der Waals surface area contributed by atoms with Gasteiger partial charge in [0.15, 0.2) is 10.3 Å². The van der Waals surface area contributed by atoms with Crippen molar-refractivity contribution in [3.8, 4) is 5.69 Å². The first-order valence-corrected chi connectivity index (χ1v) is 8.78. The normalized spacial score (nSPS) is 10.6. The second kappa shape index (κ2) is 7.61. The lowest BCUT2D eigenvalue weighted by molar-refractivity contribution is 0.0496. The summed E-state index contributed by atoms with van der Waals surface area (Å²) in [5, 5.41) is 0.491. The van der Waals surface area contributed by atoms with E-state index in [0.29, 0.717) is 16.2 Å². The SMILES string of the molecule is CCCOC(=O)c1c(SC)n(-c2ccccc2)c(=S)n(C)c1=O. The van der Waals surface area contributed by atoms with Crippen molar-refractivity contribution in [2.45, 2.75) is 18.4 Å². The minimum absolute atomic E-state index is 0.0194. The number of carbonyl (C=O) groups excluding carboxylic acids is 1. The van der Waals surface area contributed by atoms with E-state index in [0.717, 1.165) is 5.69 Å². The summed E-state index contributed by atoms with van der Waals surface area (Å²) in [6, 6.07) is 9.40. The van der Waals surface area contributed by atoms with Gasteiger partial charge in [0.25, 0.3) is 5.56 Å². The fourth-order valence-electron chi connectivity index (χ4n) is 2.13. The predicted molar refractivity (Wildman–Crippen MR) is 94.2 cm³/mol. The number of hydrogen-bond acceptors (Lipinski definition) is 5. The third kappa shape index (κ3) is 3.40. The lowest BCUT2D eigenvalue weighted by Gasteiger charge is -2.17. The molecule has 0 unspecified atom stereocenters. The lowest BCUT2D eigenvalue weighted by atomic mass is 10.3. The van der Waals surface area contributed by atoms with Gasteiger partial charge in [0.2, 0.25) is 0 Å². The fraction of sp³-hybridized carbons (Fsp3) is 0.312. The number of benzene rings is 1. The highest BCUT2D eigenvalue weighted by atomic mass is 32.2. The molecular weight excluding hydrogens is 332 g/mol. The highest BCUT2D eigenvalue weighted by molar-refractivity contribution is 7.98. The maximum absolute atomic E-state index is 12.5. The van der Waals surface area contributed by atoms with Crippen molar-refractivity contribution in [2.24, 2.45) is 7.05 Å². The summed E-state index contributed by atoms with van der Waals surface area (Å²) in [5.74, 6) is -0.614. The van der Waals surface area contributed by atoms with Crippen LogP contribution in [-0.2, 0) is 11.8 Å². The molecule has 122 valence electrons. The van der Waals surface area contributed by atoms with Crippen LogP contribution in [0.25, 0.3) is 5.69 Å². The van der Waals surface area contributed by atoms with Gasteiger partial charge in [0.1, 0.15) is 5.03 Å². The predicted octanol–water partition coefficient (Wildman–Crippen LogP) is 3.19. The molecule has 0 N–H and O–H groups in total. The van der Waals surface area contributed by atoms with E-state index in [2.05, 4.69) is 0 Å². The molecule has 1 aromatic heterocycles. The van der Waals surface area contributed by atoms with Crippen LogP contribution in [0.4, 0.5) is 0 Å². The Hall–Kier alpha value is -1.86. The average Bonchev–Trinajstić information content (AvgIpc) is 2.57. The third-order valence-corrected chi connectivity index (χ3v) is 4.49. The van der Waals surface area contributed by atoms with Gasteiger partial charge < -0.3 is 4.74 Å². The molecule has 0 aliphatic carbocycles. The van der Waals surface area contributed by atoms with E-state index in [1.54, 1.807) is 17.9 Å². The summed E-state index contributed by atoms with van der Waals surface area (Å²) in [7, 11) is 1.56. The van der Waals surface area contributed by atoms with Gasteiger partial charge in [-0.3, -0.25) is 13.9 Å². The van der Waals surface area contributed by atoms with Crippen molar-refractivity contribution in [1.29, 1.82) is 0 Å². The monoisotopic (exact) mass is 350 g/mol. The van der Waals surface area contributed by atoms with Crippen LogP contribution in [0.5, 0.6) is 0 Å². The van der Waals surface area contributed by atoms with Gasteiger partial charge in [-0.25, -0.2) is 4.79 Å². The van der Waals surface area contributed by atoms with Crippen molar-refractivity contribution in [1.82, 2.24) is 9.13 Å². The van der Waals surface area contributed by atoms with Gasteiger partial charge >= 0.3 is 5.97 Å². The maximum Gasteiger partial charge on any atom is 0.346 e. The van der Waals surface area contributed by atoms with Crippen LogP contribution >= 0.6 is 24.0 Å². The highest BCUT2D eigenvalue weighted by Crippen LogP contribution is 2.23. The van der Waals surface area contributed by atoms with Crippen molar-refractivity contribution < 1.29 is 9.53 Å². The molecule has 0 saturated carbocycles. The number of hydrogen-bond donors (Lipinski definition) is 0. The van der Waals surface area contributed by atoms with E-state index in [1.807, 2.05) is 37.3 Å². The van der Waals surface area contributed by atoms with Gasteiger partial charge in [-0.1, -0.05) is 25.1 Å². The van der Waals surface area contributed by atoms with Crippen LogP contribution in [-0.4, -0.2) is 28.0 Å². The summed E-state index contributed by atoms with van der Waals surface area (Å²) in [5.41, 5.74) is 0.375. The Morgan fingerprint density at radius 1 is 1.30 bits per heavy atom. The molecule has 1 aromatic carbocycles. The summed E-state index contributed by atoms with van der Waals surface area (Å²) >= 11 is 6.71. The van der Waals surface area contributed by atoms with Crippen LogP contribution in [0.15, 0.2) is 40.2 Å². The Labute approximate surface area is 143 Å². The van der Waals surface area contributed by atoms with Gasteiger partial charge in [-0.2, -0.15) is 0 Å². The smallest absolute Gasteiger partial charge is 0.346 e. The first-order chi connectivity index (χ1) is 11.0. The Kier molecular flexibility index (Phi) is 5.79. The summed E-state index contributed by atoms with van der Waals surface area (Å²) in [4.78, 5) is 24.9. The van der Waals surface area contributed by atoms with Crippen molar-refractivity contribution >= 4 is 29.9 Å². The van der Waals surface area contributed by atoms with E-state index in [9.17, 15) is 9.59 Å². The Morgan fingerprint density at radius 2 is 1.96 bits per heavy atom. The molecule has 1 heterocycles. The van der Waals surface area contributed by atoms with Crippen LogP contribution in [0.1, 0.15) is 23.7 Å². The molecule has 5 nitrogen and oxygen atoms in total. The zero-order chi connectivity index (χ0) is 17.0. The van der Waals surface area contributed by atoms with E-state index in [4.69, 9.17) is 17.0 Å². The molecule has 23 heavy (non-hydrogen) atoms. The molecule has 2 aromatic rings. The van der Waals surface area contributed by atoms with Crippen LogP contribution in [0, 0.1) is 4.77 Å². The number of ether oxygens (including phenoxy) is 1. The Bertz CT molecular complexity index is 826. The standard InChI is InChI=1S/C16H18N2O3S2/c1-4-10-21-15(20)12-13(19)17(2)16(22)18(14(12)23-3)11-8-6-5-7-9-11/h5-9H,4,10H2,1-3H3. The molecule has 0 saturated heterocycles. The van der Waals surface area contributed by atoms with Gasteiger partial charge in [-0.05, 0) is 37.0 Å². The van der Waals surface area contributed by atoms with Crippen LogP contribution in [0.3, 0.4) is 0 Å². The second-order valence-electron chi connectivity index (χ2n) is 4.84. The number of para-hydroxylation sites is 1. The second-order valence-corrected chi connectivity index (χ2v) is 6.00. The maximum atomic E-state index is 12.5. The quantitative estimate of drug-likeness (QED) is 0.359. The number of nitrogens with zero attached hydrogens (tertiary/aromatic N) is 2. The molecule has 0 spiro atoms. The Balaban J connectivity index is 2.78. The zero-order valence-corrected chi connectivity index (χ0v) is 14.9. The van der Waals surface area contributed by atoms with Crippen molar-refractivity contribution in [3.63, 3.8) is 0 Å². The number of esters is 1. The fourth-order valence-corrected chi connectivity index (χ4v) is 3.22. The zero-order valence-electron chi connectivity index (χ0n) is 13.2. The van der Waals surface area contributed by atoms with E-state index in [1.165, 1.54) is 16.3 Å². The highest BCUT2D eigenvalue weighted by Gasteiger charge is 2.23. The topological polar surface area (TPSA) is 53.2 Å². The molecule has 0 aliphatic heterocycles. The summed E-state index contributed by atoms with van der Waals surface area (Å²) < 4.78 is 8.53. The molecule has 2 rings (SSSR count). The van der Waals surface area contributed by atoms with Gasteiger partial charge in [0.05, 0.1) is 6.61 Å². The molecular formula is C16H18N2O3S2. The van der Waals surface area contributed by atoms with Crippen LogP contribution in [0.2, 0.25) is 0 Å². The lowest BCUT2D eigenvalue weighted by Crippen LogP contribution is -2.31. The third-order valence-electron chi connectivity index (χ3n) is 3.26. The largest absolute Gasteiger partial charge is 0.462 e. The minimum Gasteiger partial charge on any atom is -0.462 e. The first kappa shape index (κ1) is 17.5. The first-order valence-electron chi connectivity index (χ1n) is 7.15. The molecule has 0 fully saturated rings. The summed E-state index contributed by atoms with van der Waals surface area (Å²) in [6.07, 6.45) is 2.50. The Morgan fingerprint density at radius 3 is 2.52 bits per heavy atom. The van der Waals surface area contributed by atoms with Crippen molar-refractivity contribution in [2.75, 3.05) is 12.9 Å². The molecule has 0 amide bonds. The number of thioether (sulfide) groups is 1. The number of rotatable bonds is 5. The van der Waals surface area contributed by atoms with E-state index < -0.39 is 11.5 Å². The summed E-state index contributed by atoms with van der Waals surface area (Å²) in [6.45, 7) is 2.17.